The van der Waals surface area contributed by atoms with Crippen molar-refractivity contribution in [3.63, 3.8) is 0 Å². The molecule has 0 spiro atoms. The second-order valence-electron chi connectivity index (χ2n) is 8.41. The minimum atomic E-state index is 0.413. The monoisotopic (exact) mass is 394 g/mol. The number of likely N-dealkylation sites (N-methyl/N-ethyl adjacent to an activating group) is 1. The molecule has 2 aliphatic heterocycles. The molecular formula is C25H34N2O2. The fraction of sp³-hybridized carbons (Fsp3) is 0.520. The molecule has 2 aliphatic rings. The zero-order valence-corrected chi connectivity index (χ0v) is 17.9. The van der Waals surface area contributed by atoms with Crippen LogP contribution in [0.3, 0.4) is 0 Å². The van der Waals surface area contributed by atoms with Crippen LogP contribution >= 0.6 is 0 Å². The molecule has 156 valence electrons. The maximum atomic E-state index is 5.99. The topological polar surface area (TPSA) is 24.9 Å². The highest BCUT2D eigenvalue weighted by Gasteiger charge is 2.25. The van der Waals surface area contributed by atoms with Crippen molar-refractivity contribution in [1.29, 1.82) is 0 Å². The summed E-state index contributed by atoms with van der Waals surface area (Å²) < 4.78 is 11.4. The predicted octanol–water partition coefficient (Wildman–Crippen LogP) is 4.33. The number of nitrogens with zero attached hydrogens (tertiary/aromatic N) is 2. The zero-order chi connectivity index (χ0) is 20.1. The second kappa shape index (κ2) is 9.64. The van der Waals surface area contributed by atoms with Gasteiger partial charge < -0.3 is 9.47 Å². The molecule has 0 aromatic heterocycles. The van der Waals surface area contributed by atoms with Crippen LogP contribution in [0.1, 0.15) is 42.0 Å². The summed E-state index contributed by atoms with van der Waals surface area (Å²) in [4.78, 5) is 4.99. The second-order valence-corrected chi connectivity index (χ2v) is 8.41. The SMILES string of the molecule is COc1ccc2c(c1)CCN(C)C2Cc1ccc(OCCN2CCCCC2)cc1. The smallest absolute Gasteiger partial charge is 0.119 e. The number of ether oxygens (including phenoxy) is 2. The molecule has 0 aliphatic carbocycles. The molecule has 0 radical (unpaired) electrons. The lowest BCUT2D eigenvalue weighted by molar-refractivity contribution is 0.183. The molecule has 2 aromatic rings. The number of fused-ring (bicyclic) bond motifs is 1. The first-order valence-electron chi connectivity index (χ1n) is 11.0. The first kappa shape index (κ1) is 20.2. The van der Waals surface area contributed by atoms with Gasteiger partial charge in [0.15, 0.2) is 0 Å². The zero-order valence-electron chi connectivity index (χ0n) is 17.9. The van der Waals surface area contributed by atoms with Crippen molar-refractivity contribution in [2.24, 2.45) is 0 Å². The fourth-order valence-corrected chi connectivity index (χ4v) is 4.63. The summed E-state index contributed by atoms with van der Waals surface area (Å²) in [5, 5.41) is 0. The quantitative estimate of drug-likeness (QED) is 0.698. The molecule has 4 nitrogen and oxygen atoms in total. The Labute approximate surface area is 175 Å². The van der Waals surface area contributed by atoms with E-state index in [1.807, 2.05) is 0 Å². The van der Waals surface area contributed by atoms with Gasteiger partial charge in [0.25, 0.3) is 0 Å². The van der Waals surface area contributed by atoms with Crippen molar-refractivity contribution >= 4 is 0 Å². The van der Waals surface area contributed by atoms with Gasteiger partial charge in [-0.1, -0.05) is 24.6 Å². The Morgan fingerprint density at radius 3 is 2.45 bits per heavy atom. The van der Waals surface area contributed by atoms with Crippen molar-refractivity contribution in [3.05, 3.63) is 59.2 Å². The van der Waals surface area contributed by atoms with E-state index in [9.17, 15) is 0 Å². The molecule has 1 fully saturated rings. The summed E-state index contributed by atoms with van der Waals surface area (Å²) in [5.74, 6) is 1.94. The van der Waals surface area contributed by atoms with Crippen LogP contribution in [0.15, 0.2) is 42.5 Å². The van der Waals surface area contributed by atoms with Crippen LogP contribution in [0.4, 0.5) is 0 Å². The number of hydrogen-bond acceptors (Lipinski definition) is 4. The third-order valence-corrected chi connectivity index (χ3v) is 6.45. The summed E-state index contributed by atoms with van der Waals surface area (Å²) >= 11 is 0. The van der Waals surface area contributed by atoms with E-state index in [4.69, 9.17) is 9.47 Å². The van der Waals surface area contributed by atoms with Crippen molar-refractivity contribution in [2.45, 2.75) is 38.1 Å². The number of likely N-dealkylation sites (tertiary alicyclic amines) is 1. The standard InChI is InChI=1S/C25H34N2O2/c1-26-15-12-21-19-23(28-2)10-11-24(21)25(26)18-20-6-8-22(9-7-20)29-17-16-27-13-4-3-5-14-27/h6-11,19,25H,3-5,12-18H2,1-2H3. The summed E-state index contributed by atoms with van der Waals surface area (Å²) in [6.07, 6.45) is 6.15. The number of benzene rings is 2. The molecule has 2 aromatic carbocycles. The maximum absolute atomic E-state index is 5.99. The van der Waals surface area contributed by atoms with Gasteiger partial charge in [-0.2, -0.15) is 0 Å². The minimum absolute atomic E-state index is 0.413. The molecule has 2 heterocycles. The van der Waals surface area contributed by atoms with E-state index in [0.717, 1.165) is 44.0 Å². The Hall–Kier alpha value is -2.04. The summed E-state index contributed by atoms with van der Waals surface area (Å²) in [7, 11) is 3.97. The van der Waals surface area contributed by atoms with E-state index in [2.05, 4.69) is 59.3 Å². The van der Waals surface area contributed by atoms with Gasteiger partial charge in [-0.25, -0.2) is 0 Å². The van der Waals surface area contributed by atoms with E-state index in [0.29, 0.717) is 6.04 Å². The number of methoxy groups -OCH3 is 1. The van der Waals surface area contributed by atoms with Crippen LogP contribution in [0.2, 0.25) is 0 Å². The maximum Gasteiger partial charge on any atom is 0.119 e. The first-order valence-corrected chi connectivity index (χ1v) is 11.0. The molecule has 29 heavy (non-hydrogen) atoms. The molecule has 4 heteroatoms. The van der Waals surface area contributed by atoms with Gasteiger partial charge in [-0.15, -0.1) is 0 Å². The Balaban J connectivity index is 1.35. The van der Waals surface area contributed by atoms with Gasteiger partial charge in [0.2, 0.25) is 0 Å². The van der Waals surface area contributed by atoms with E-state index >= 15 is 0 Å². The largest absolute Gasteiger partial charge is 0.497 e. The summed E-state index contributed by atoms with van der Waals surface area (Å²) in [6, 6.07) is 15.7. The van der Waals surface area contributed by atoms with E-state index in [1.54, 1.807) is 7.11 Å². The first-order chi connectivity index (χ1) is 14.2. The van der Waals surface area contributed by atoms with E-state index in [1.165, 1.54) is 49.0 Å². The number of piperidine rings is 1. The molecule has 1 atom stereocenters. The average Bonchev–Trinajstić information content (AvgIpc) is 2.77. The lowest BCUT2D eigenvalue weighted by Crippen LogP contribution is -2.33. The van der Waals surface area contributed by atoms with Gasteiger partial charge in [0.1, 0.15) is 18.1 Å². The van der Waals surface area contributed by atoms with Gasteiger partial charge in [0, 0.05) is 19.1 Å². The third kappa shape index (κ3) is 5.12. The Bertz CT molecular complexity index is 784. The molecule has 4 rings (SSSR count). The number of rotatable bonds is 7. The van der Waals surface area contributed by atoms with Gasteiger partial charge in [-0.3, -0.25) is 9.80 Å². The molecule has 0 saturated carbocycles. The van der Waals surface area contributed by atoms with Crippen molar-refractivity contribution in [1.82, 2.24) is 9.80 Å². The molecule has 0 N–H and O–H groups in total. The molecular weight excluding hydrogens is 360 g/mol. The minimum Gasteiger partial charge on any atom is -0.497 e. The highest BCUT2D eigenvalue weighted by atomic mass is 16.5. The van der Waals surface area contributed by atoms with Crippen molar-refractivity contribution in [3.8, 4) is 11.5 Å². The lowest BCUT2D eigenvalue weighted by Gasteiger charge is -2.35. The molecule has 0 amide bonds. The van der Waals surface area contributed by atoms with Gasteiger partial charge in [0.05, 0.1) is 7.11 Å². The Morgan fingerprint density at radius 2 is 1.69 bits per heavy atom. The van der Waals surface area contributed by atoms with Crippen molar-refractivity contribution in [2.75, 3.05) is 46.9 Å². The van der Waals surface area contributed by atoms with Crippen LogP contribution < -0.4 is 9.47 Å². The van der Waals surface area contributed by atoms with Crippen LogP contribution in [-0.2, 0) is 12.8 Å². The molecule has 1 saturated heterocycles. The molecule has 1 unspecified atom stereocenters. The van der Waals surface area contributed by atoms with Crippen LogP contribution in [-0.4, -0.2) is 56.7 Å². The fourth-order valence-electron chi connectivity index (χ4n) is 4.63. The van der Waals surface area contributed by atoms with Gasteiger partial charge in [-0.05, 0) is 86.8 Å². The molecule has 0 bridgehead atoms. The normalized spacial score (nSPS) is 20.3. The Kier molecular flexibility index (Phi) is 6.73. The van der Waals surface area contributed by atoms with Crippen molar-refractivity contribution < 1.29 is 9.47 Å². The van der Waals surface area contributed by atoms with Crippen LogP contribution in [0.5, 0.6) is 11.5 Å². The predicted molar refractivity (Wildman–Crippen MR) is 118 cm³/mol. The van der Waals surface area contributed by atoms with Crippen LogP contribution in [0.25, 0.3) is 0 Å². The lowest BCUT2D eigenvalue weighted by atomic mass is 9.89. The Morgan fingerprint density at radius 1 is 0.931 bits per heavy atom. The van der Waals surface area contributed by atoms with Crippen LogP contribution in [0, 0.1) is 0 Å². The average molecular weight is 395 g/mol. The summed E-state index contributed by atoms with van der Waals surface area (Å²) in [6.45, 7) is 5.35. The van der Waals surface area contributed by atoms with E-state index in [-0.39, 0.29) is 0 Å². The highest BCUT2D eigenvalue weighted by Crippen LogP contribution is 2.33. The number of hydrogen-bond donors (Lipinski definition) is 0. The van der Waals surface area contributed by atoms with Gasteiger partial charge >= 0.3 is 0 Å². The third-order valence-electron chi connectivity index (χ3n) is 6.45. The summed E-state index contributed by atoms with van der Waals surface area (Å²) in [5.41, 5.74) is 4.21. The highest BCUT2D eigenvalue weighted by molar-refractivity contribution is 5.40. The van der Waals surface area contributed by atoms with E-state index < -0.39 is 0 Å².